The SMILES string of the molecule is CONCC(c1cc(C(=O)N(CC2CC2)C(C)c2ncnn2-c2ncccn2)cc(C(F)(F)F)c1)C1CC1. The van der Waals surface area contributed by atoms with Crippen LogP contribution in [0.25, 0.3) is 5.95 Å². The maximum absolute atomic E-state index is 14.0. The Labute approximate surface area is 218 Å². The predicted molar refractivity (Wildman–Crippen MR) is 131 cm³/mol. The Balaban J connectivity index is 1.52. The highest BCUT2D eigenvalue weighted by atomic mass is 19.4. The quantitative estimate of drug-likeness (QED) is 0.369. The summed E-state index contributed by atoms with van der Waals surface area (Å²) >= 11 is 0. The molecule has 3 aromatic rings. The van der Waals surface area contributed by atoms with Gasteiger partial charge in [-0.15, -0.1) is 0 Å². The molecule has 0 radical (unpaired) electrons. The van der Waals surface area contributed by atoms with E-state index in [4.69, 9.17) is 4.84 Å². The van der Waals surface area contributed by atoms with Crippen LogP contribution in [0.2, 0.25) is 0 Å². The Hall–Kier alpha value is -3.38. The monoisotopic (exact) mass is 529 g/mol. The Morgan fingerprint density at radius 3 is 2.53 bits per heavy atom. The molecule has 0 bridgehead atoms. The maximum atomic E-state index is 14.0. The van der Waals surface area contributed by atoms with Crippen molar-refractivity contribution in [1.29, 1.82) is 0 Å². The third-order valence-corrected chi connectivity index (χ3v) is 7.17. The Bertz CT molecular complexity index is 1260. The zero-order chi connectivity index (χ0) is 26.9. The van der Waals surface area contributed by atoms with Crippen LogP contribution >= 0.6 is 0 Å². The van der Waals surface area contributed by atoms with Gasteiger partial charge < -0.3 is 9.74 Å². The van der Waals surface area contributed by atoms with Crippen molar-refractivity contribution in [3.63, 3.8) is 0 Å². The lowest BCUT2D eigenvalue weighted by Gasteiger charge is -2.29. The molecule has 2 fully saturated rings. The topological polar surface area (TPSA) is 98.1 Å². The second-order valence-corrected chi connectivity index (χ2v) is 9.99. The summed E-state index contributed by atoms with van der Waals surface area (Å²) in [7, 11) is 1.47. The van der Waals surface area contributed by atoms with Gasteiger partial charge in [-0.05, 0) is 74.3 Å². The number of amides is 1. The molecule has 2 atom stereocenters. The number of carbonyl (C=O) groups is 1. The normalized spacial score (nSPS) is 17.3. The fourth-order valence-corrected chi connectivity index (χ4v) is 4.77. The molecular weight excluding hydrogens is 499 g/mol. The fourth-order valence-electron chi connectivity index (χ4n) is 4.77. The van der Waals surface area contributed by atoms with Gasteiger partial charge in [-0.25, -0.2) is 20.4 Å². The van der Waals surface area contributed by atoms with Crippen LogP contribution < -0.4 is 5.48 Å². The van der Waals surface area contributed by atoms with Crippen LogP contribution in [0, 0.1) is 11.8 Å². The van der Waals surface area contributed by atoms with Gasteiger partial charge in [-0.3, -0.25) is 4.79 Å². The molecule has 202 valence electrons. The van der Waals surface area contributed by atoms with Gasteiger partial charge in [0.25, 0.3) is 11.9 Å². The molecule has 1 N–H and O–H groups in total. The molecule has 2 saturated carbocycles. The summed E-state index contributed by atoms with van der Waals surface area (Å²) in [5, 5.41) is 4.23. The summed E-state index contributed by atoms with van der Waals surface area (Å²) < 4.78 is 43.4. The minimum absolute atomic E-state index is 0.00687. The molecule has 12 heteroatoms. The van der Waals surface area contributed by atoms with Gasteiger partial charge in [0.15, 0.2) is 5.82 Å². The number of rotatable bonds is 11. The van der Waals surface area contributed by atoms with E-state index in [9.17, 15) is 18.0 Å². The Kier molecular flexibility index (Phi) is 7.44. The number of nitrogens with one attached hydrogen (secondary N) is 1. The number of hydrogen-bond donors (Lipinski definition) is 1. The van der Waals surface area contributed by atoms with E-state index in [0.717, 1.165) is 37.8 Å². The van der Waals surface area contributed by atoms with E-state index < -0.39 is 23.7 Å². The number of hydrogen-bond acceptors (Lipinski definition) is 7. The molecule has 2 aliphatic carbocycles. The first-order valence-electron chi connectivity index (χ1n) is 12.7. The summed E-state index contributed by atoms with van der Waals surface area (Å²) in [6.45, 7) is 2.57. The van der Waals surface area contributed by atoms with Crippen molar-refractivity contribution in [2.24, 2.45) is 11.8 Å². The average molecular weight is 530 g/mol. The molecule has 0 aliphatic heterocycles. The first-order valence-corrected chi connectivity index (χ1v) is 12.7. The third kappa shape index (κ3) is 5.86. The van der Waals surface area contributed by atoms with Gasteiger partial charge in [0.1, 0.15) is 6.33 Å². The lowest BCUT2D eigenvalue weighted by Crippen LogP contribution is -2.37. The van der Waals surface area contributed by atoms with Crippen molar-refractivity contribution >= 4 is 5.91 Å². The van der Waals surface area contributed by atoms with Crippen molar-refractivity contribution in [2.75, 3.05) is 20.2 Å². The molecule has 0 spiro atoms. The smallest absolute Gasteiger partial charge is 0.328 e. The number of carbonyl (C=O) groups excluding carboxylic acids is 1. The largest absolute Gasteiger partial charge is 0.416 e. The first kappa shape index (κ1) is 26.2. The lowest BCUT2D eigenvalue weighted by molar-refractivity contribution is -0.137. The average Bonchev–Trinajstić information content (AvgIpc) is 3.85. The van der Waals surface area contributed by atoms with Crippen LogP contribution in [0.1, 0.15) is 71.9 Å². The van der Waals surface area contributed by atoms with E-state index in [0.29, 0.717) is 36.3 Å². The molecule has 2 heterocycles. The molecule has 1 amide bonds. The van der Waals surface area contributed by atoms with Gasteiger partial charge >= 0.3 is 6.18 Å². The number of aromatic nitrogens is 5. The number of nitrogens with zero attached hydrogens (tertiary/aromatic N) is 6. The van der Waals surface area contributed by atoms with Gasteiger partial charge in [0, 0.05) is 37.0 Å². The van der Waals surface area contributed by atoms with Crippen LogP contribution in [-0.4, -0.2) is 55.7 Å². The zero-order valence-electron chi connectivity index (χ0n) is 21.2. The molecule has 5 rings (SSSR count). The van der Waals surface area contributed by atoms with Gasteiger partial charge in [-0.2, -0.15) is 23.0 Å². The molecule has 9 nitrogen and oxygen atoms in total. The van der Waals surface area contributed by atoms with E-state index in [2.05, 4.69) is 25.5 Å². The highest BCUT2D eigenvalue weighted by molar-refractivity contribution is 5.95. The van der Waals surface area contributed by atoms with E-state index in [1.807, 2.05) is 0 Å². The van der Waals surface area contributed by atoms with E-state index >= 15 is 0 Å². The van der Waals surface area contributed by atoms with Crippen LogP contribution in [-0.2, 0) is 11.0 Å². The number of hydroxylamine groups is 1. The Morgan fingerprint density at radius 1 is 1.16 bits per heavy atom. The molecule has 1 aromatic carbocycles. The van der Waals surface area contributed by atoms with Crippen LogP contribution in [0.5, 0.6) is 0 Å². The molecule has 2 aromatic heterocycles. The summed E-state index contributed by atoms with van der Waals surface area (Å²) in [5.41, 5.74) is 2.44. The van der Waals surface area contributed by atoms with Gasteiger partial charge in [0.05, 0.1) is 18.7 Å². The van der Waals surface area contributed by atoms with E-state index in [1.54, 1.807) is 36.4 Å². The highest BCUT2D eigenvalue weighted by Crippen LogP contribution is 2.44. The Morgan fingerprint density at radius 2 is 1.89 bits per heavy atom. The summed E-state index contributed by atoms with van der Waals surface area (Å²) in [6.07, 6.45) is 3.69. The lowest BCUT2D eigenvalue weighted by atomic mass is 9.90. The van der Waals surface area contributed by atoms with Crippen molar-refractivity contribution in [1.82, 2.24) is 35.1 Å². The standard InChI is InChI=1S/C26H30F3N7O2/c1-16(23-32-15-33-36(23)25-30-8-3-9-31-25)35(14-17-4-5-17)24(37)20-10-19(11-21(12-20)26(27,28)29)22(13-34-38-2)18-6-7-18/h3,8-12,15-18,22,34H,4-7,13-14H2,1-2H3. The first-order chi connectivity index (χ1) is 18.3. The van der Waals surface area contributed by atoms with Crippen molar-refractivity contribution < 1.29 is 22.8 Å². The van der Waals surface area contributed by atoms with Crippen molar-refractivity contribution in [3.8, 4) is 5.95 Å². The second kappa shape index (κ2) is 10.8. The van der Waals surface area contributed by atoms with Gasteiger partial charge in [0.2, 0.25) is 0 Å². The third-order valence-electron chi connectivity index (χ3n) is 7.17. The van der Waals surface area contributed by atoms with Gasteiger partial charge in [-0.1, -0.05) is 0 Å². The van der Waals surface area contributed by atoms with E-state index in [1.165, 1.54) is 18.1 Å². The summed E-state index contributed by atoms with van der Waals surface area (Å²) in [4.78, 5) is 33.4. The molecule has 2 aliphatic rings. The highest BCUT2D eigenvalue weighted by Gasteiger charge is 2.38. The second-order valence-electron chi connectivity index (χ2n) is 9.99. The van der Waals surface area contributed by atoms with E-state index in [-0.39, 0.29) is 17.4 Å². The molecule has 38 heavy (non-hydrogen) atoms. The van der Waals surface area contributed by atoms with Crippen molar-refractivity contribution in [2.45, 2.75) is 50.7 Å². The zero-order valence-corrected chi connectivity index (χ0v) is 21.2. The van der Waals surface area contributed by atoms with Crippen LogP contribution in [0.4, 0.5) is 13.2 Å². The number of benzene rings is 1. The summed E-state index contributed by atoms with van der Waals surface area (Å²) in [6, 6.07) is 4.82. The maximum Gasteiger partial charge on any atom is 0.416 e. The van der Waals surface area contributed by atoms with Crippen molar-refractivity contribution in [3.05, 3.63) is 65.5 Å². The predicted octanol–water partition coefficient (Wildman–Crippen LogP) is 4.33. The number of alkyl halides is 3. The summed E-state index contributed by atoms with van der Waals surface area (Å²) in [5.74, 6) is 0.588. The number of halogens is 3. The van der Waals surface area contributed by atoms with Crippen LogP contribution in [0.3, 0.4) is 0 Å². The minimum Gasteiger partial charge on any atom is -0.328 e. The molecule has 0 saturated heterocycles. The molecule has 2 unspecified atom stereocenters. The minimum atomic E-state index is -4.59. The fraction of sp³-hybridized carbons (Fsp3) is 0.500. The van der Waals surface area contributed by atoms with Crippen LogP contribution in [0.15, 0.2) is 43.0 Å². The molecular formula is C26H30F3N7O2.